The average molecular weight is 933 g/mol. The van der Waals surface area contributed by atoms with Gasteiger partial charge in [-0.15, -0.1) is 0 Å². The summed E-state index contributed by atoms with van der Waals surface area (Å²) >= 11 is 26.4. The Labute approximate surface area is 274 Å². The normalized spacial score (nSPS) is 10.2. The molecule has 4 aromatic carbocycles. The highest BCUT2D eigenvalue weighted by molar-refractivity contribution is 14.1. The molecule has 14 heteroatoms. The van der Waals surface area contributed by atoms with Gasteiger partial charge in [-0.2, -0.15) is 0 Å². The minimum absolute atomic E-state index is 0.0191. The third-order valence-corrected chi connectivity index (χ3v) is 7.88. The van der Waals surface area contributed by atoms with Gasteiger partial charge in [0, 0.05) is 35.6 Å². The van der Waals surface area contributed by atoms with Crippen molar-refractivity contribution in [3.63, 3.8) is 0 Å². The van der Waals surface area contributed by atoms with Gasteiger partial charge in [0.05, 0.1) is 12.5 Å². The molecule has 0 aromatic heterocycles. The summed E-state index contributed by atoms with van der Waals surface area (Å²) in [6.07, 6.45) is 0. The van der Waals surface area contributed by atoms with E-state index in [2.05, 4.69) is 86.3 Å². The van der Waals surface area contributed by atoms with Gasteiger partial charge in [0.25, 0.3) is 0 Å². The Bertz CT molecular complexity index is 1430. The first-order valence-electron chi connectivity index (χ1n) is 9.99. The van der Waals surface area contributed by atoms with Crippen LogP contribution in [0.2, 0.25) is 10.0 Å². The largest absolute Gasteiger partial charge is 0.506 e. The summed E-state index contributed by atoms with van der Waals surface area (Å²) in [5.74, 6) is -0.836. The molecule has 0 radical (unpaired) electrons. The predicted octanol–water partition coefficient (Wildman–Crippen LogP) is 9.06. The lowest BCUT2D eigenvalue weighted by molar-refractivity contribution is 0.423. The minimum atomic E-state index is -1.81. The van der Waals surface area contributed by atoms with Crippen LogP contribution in [0, 0.1) is 15.2 Å². The number of aromatic hydroxyl groups is 2. The van der Waals surface area contributed by atoms with Crippen molar-refractivity contribution in [2.75, 3.05) is 0 Å². The van der Waals surface area contributed by atoms with Crippen LogP contribution in [0.1, 0.15) is 0 Å². The highest BCUT2D eigenvalue weighted by Crippen LogP contribution is 2.40. The first kappa shape index (κ1) is 33.8. The second-order valence-corrected chi connectivity index (χ2v) is 12.7. The molecule has 4 N–H and O–H groups in total. The van der Waals surface area contributed by atoms with E-state index in [1.54, 1.807) is 18.2 Å². The van der Waals surface area contributed by atoms with E-state index >= 15 is 0 Å². The number of hydrogen-bond donors (Lipinski definition) is 4. The van der Waals surface area contributed by atoms with E-state index in [0.29, 0.717) is 25.3 Å². The SMILES string of the molecule is OB(O)c1cc(Cl)ccc1F.Oc1c(Br)cc(Br)cc1-c1cc(Cl)ccc1F.Oc1c(Br)cc(Br)cc1I. The fourth-order valence-corrected chi connectivity index (χ4v) is 6.95. The molecule has 0 saturated carbocycles. The lowest BCUT2D eigenvalue weighted by Gasteiger charge is -2.09. The summed E-state index contributed by atoms with van der Waals surface area (Å²) in [6, 6.07) is 14.8. The predicted molar refractivity (Wildman–Crippen MR) is 171 cm³/mol. The zero-order chi connectivity index (χ0) is 28.7. The Balaban J connectivity index is 0.000000211. The Hall–Kier alpha value is -0.445. The molecule has 0 bridgehead atoms. The van der Waals surface area contributed by atoms with Gasteiger partial charge < -0.3 is 20.3 Å². The van der Waals surface area contributed by atoms with Gasteiger partial charge in [0.2, 0.25) is 0 Å². The van der Waals surface area contributed by atoms with E-state index < -0.39 is 18.8 Å². The maximum atomic E-state index is 13.7. The molecule has 0 atom stereocenters. The molecule has 4 rings (SSSR count). The van der Waals surface area contributed by atoms with Crippen molar-refractivity contribution in [1.29, 1.82) is 0 Å². The molecule has 0 aliphatic rings. The monoisotopic (exact) mass is 928 g/mol. The van der Waals surface area contributed by atoms with Crippen LogP contribution in [-0.4, -0.2) is 27.4 Å². The van der Waals surface area contributed by atoms with Gasteiger partial charge in [-0.1, -0.05) is 55.1 Å². The second kappa shape index (κ2) is 15.5. The van der Waals surface area contributed by atoms with Crippen LogP contribution in [0.15, 0.2) is 78.6 Å². The van der Waals surface area contributed by atoms with E-state index in [4.69, 9.17) is 33.2 Å². The average Bonchev–Trinajstić information content (AvgIpc) is 2.83. The van der Waals surface area contributed by atoms with Gasteiger partial charge in [0.15, 0.2) is 0 Å². The molecule has 0 aliphatic heterocycles. The lowest BCUT2D eigenvalue weighted by Crippen LogP contribution is -2.32. The Morgan fingerprint density at radius 3 is 1.68 bits per heavy atom. The topological polar surface area (TPSA) is 80.9 Å². The zero-order valence-electron chi connectivity index (χ0n) is 18.5. The van der Waals surface area contributed by atoms with Gasteiger partial charge in [-0.3, -0.25) is 0 Å². The number of rotatable bonds is 2. The fraction of sp³-hybridized carbons (Fsp3) is 0. The van der Waals surface area contributed by atoms with Gasteiger partial charge in [-0.25, -0.2) is 8.78 Å². The summed E-state index contributed by atoms with van der Waals surface area (Å²) in [7, 11) is -1.81. The van der Waals surface area contributed by atoms with Gasteiger partial charge in [0.1, 0.15) is 23.1 Å². The smallest absolute Gasteiger partial charge is 0.491 e. The van der Waals surface area contributed by atoms with Crippen molar-refractivity contribution in [3.05, 3.63) is 104 Å². The molecule has 4 nitrogen and oxygen atoms in total. The van der Waals surface area contributed by atoms with E-state index in [1.807, 2.05) is 6.07 Å². The summed E-state index contributed by atoms with van der Waals surface area (Å²) in [6.45, 7) is 0. The Morgan fingerprint density at radius 2 is 1.16 bits per heavy atom. The molecule has 0 fully saturated rings. The van der Waals surface area contributed by atoms with E-state index in [9.17, 15) is 19.0 Å². The fourth-order valence-electron chi connectivity index (χ4n) is 2.72. The highest BCUT2D eigenvalue weighted by Gasteiger charge is 2.16. The van der Waals surface area contributed by atoms with Crippen molar-refractivity contribution < 1.29 is 29.0 Å². The van der Waals surface area contributed by atoms with E-state index in [0.717, 1.165) is 18.6 Å². The van der Waals surface area contributed by atoms with Crippen molar-refractivity contribution in [2.24, 2.45) is 0 Å². The number of halogens is 9. The van der Waals surface area contributed by atoms with Crippen molar-refractivity contribution in [1.82, 2.24) is 0 Å². The van der Waals surface area contributed by atoms with Crippen LogP contribution >= 0.6 is 110 Å². The molecule has 0 unspecified atom stereocenters. The number of benzene rings is 4. The maximum Gasteiger partial charge on any atom is 0.491 e. The molecule has 0 heterocycles. The molecule has 4 aromatic rings. The van der Waals surface area contributed by atoms with Gasteiger partial charge >= 0.3 is 7.12 Å². The lowest BCUT2D eigenvalue weighted by atomic mass is 9.80. The Kier molecular flexibility index (Phi) is 13.8. The van der Waals surface area contributed by atoms with Crippen LogP contribution in [0.3, 0.4) is 0 Å². The molecular weight excluding hydrogens is 918 g/mol. The van der Waals surface area contributed by atoms with Crippen LogP contribution in [0.5, 0.6) is 11.5 Å². The summed E-state index contributed by atoms with van der Waals surface area (Å²) in [5, 5.41) is 37.0. The molecule has 0 aliphatic carbocycles. The molecule has 200 valence electrons. The number of phenols is 2. The zero-order valence-corrected chi connectivity index (χ0v) is 28.6. The third-order valence-electron chi connectivity index (χ3n) is 4.46. The first-order chi connectivity index (χ1) is 17.7. The number of hydrogen-bond acceptors (Lipinski definition) is 4. The number of phenolic OH excluding ortho intramolecular Hbond substituents is 2. The molecule has 0 amide bonds. The van der Waals surface area contributed by atoms with Crippen molar-refractivity contribution >= 4 is 122 Å². The minimum Gasteiger partial charge on any atom is -0.506 e. The highest BCUT2D eigenvalue weighted by atomic mass is 127. The summed E-state index contributed by atoms with van der Waals surface area (Å²) in [5.41, 5.74) is 0.431. The quantitative estimate of drug-likeness (QED) is 0.120. The Morgan fingerprint density at radius 1 is 0.658 bits per heavy atom. The summed E-state index contributed by atoms with van der Waals surface area (Å²) in [4.78, 5) is 0. The van der Waals surface area contributed by atoms with E-state index in [1.165, 1.54) is 30.3 Å². The molecule has 0 spiro atoms. The third kappa shape index (κ3) is 9.88. The standard InChI is InChI=1S/C12H6Br2ClFO.C6H5BClFO2.C6H3Br2IO/c13-6-3-9(12(17)10(14)4-6)8-5-7(15)1-2-11(8)16;8-4-1-2-6(9)5(3-4)7(10)11;7-3-1-4(8)6(10)5(9)2-3/h1-5,17H;1-3,10-11H;1-2,10H. The van der Waals surface area contributed by atoms with Crippen LogP contribution < -0.4 is 5.46 Å². The first-order valence-corrected chi connectivity index (χ1v) is 15.0. The van der Waals surface area contributed by atoms with Crippen LogP contribution in [0.25, 0.3) is 11.1 Å². The van der Waals surface area contributed by atoms with Crippen molar-refractivity contribution in [2.45, 2.75) is 0 Å². The van der Waals surface area contributed by atoms with Crippen molar-refractivity contribution in [3.8, 4) is 22.6 Å². The van der Waals surface area contributed by atoms with Crippen LogP contribution in [0.4, 0.5) is 8.78 Å². The second-order valence-electron chi connectivity index (χ2n) is 7.17. The molecular formula is C24H14BBr4Cl2F2IO4. The van der Waals surface area contributed by atoms with Crippen LogP contribution in [-0.2, 0) is 0 Å². The van der Waals surface area contributed by atoms with E-state index in [-0.39, 0.29) is 21.8 Å². The summed E-state index contributed by atoms with van der Waals surface area (Å²) < 4.78 is 30.1. The molecule has 0 saturated heterocycles. The molecule has 38 heavy (non-hydrogen) atoms. The van der Waals surface area contributed by atoms with Gasteiger partial charge in [-0.05, 0) is 115 Å². The maximum absolute atomic E-state index is 13.7.